The molecule has 6 nitrogen and oxygen atoms in total. The molecule has 3 N–H and O–H groups in total. The number of aliphatic hydroxyl groups excluding tert-OH is 1. The fourth-order valence-corrected chi connectivity index (χ4v) is 2.36. The van der Waals surface area contributed by atoms with E-state index in [1.165, 1.54) is 6.26 Å². The minimum absolute atomic E-state index is 0.470. The summed E-state index contributed by atoms with van der Waals surface area (Å²) in [6, 6.07) is 6.72. The largest absolute Gasteiger partial charge is 0.469 e. The molecule has 0 radical (unpaired) electrons. The minimum Gasteiger partial charge on any atom is -0.469 e. The Bertz CT molecular complexity index is 904. The Morgan fingerprint density at radius 3 is 2.57 bits per heavy atom. The molecule has 108 valence electrons. The Balaban J connectivity index is 2.10. The lowest BCUT2D eigenvalue weighted by Gasteiger charge is -2.11. The van der Waals surface area contributed by atoms with Gasteiger partial charge in [0.25, 0.3) is 0 Å². The lowest BCUT2D eigenvalue weighted by atomic mass is 10.0. The number of hydrogen-bond donors (Lipinski definition) is 3. The van der Waals surface area contributed by atoms with Gasteiger partial charge >= 0.3 is 11.1 Å². The average molecular weight is 286 g/mol. The molecule has 0 aliphatic carbocycles. The van der Waals surface area contributed by atoms with Gasteiger partial charge in [0.05, 0.1) is 17.3 Å². The van der Waals surface area contributed by atoms with E-state index in [1.807, 2.05) is 6.92 Å². The minimum atomic E-state index is -0.849. The van der Waals surface area contributed by atoms with Crippen molar-refractivity contribution < 1.29 is 9.52 Å². The van der Waals surface area contributed by atoms with Crippen molar-refractivity contribution in [2.45, 2.75) is 19.4 Å². The molecule has 1 aromatic carbocycles. The SMILES string of the molecule is CCc1occc1C(O)c1ccc2[nH]c(=O)c(=O)[nH]c2c1. The number of benzene rings is 1. The van der Waals surface area contributed by atoms with Gasteiger partial charge in [0.15, 0.2) is 0 Å². The summed E-state index contributed by atoms with van der Waals surface area (Å²) in [5, 5.41) is 10.5. The first-order valence-corrected chi connectivity index (χ1v) is 6.60. The standard InChI is InChI=1S/C15H14N2O4/c1-2-12-9(5-6-21-12)13(18)8-3-4-10-11(7-8)17-15(20)14(19)16-10/h3-7,13,18H,2H2,1H3,(H,16,19)(H,17,20). The highest BCUT2D eigenvalue weighted by Crippen LogP contribution is 2.27. The number of fused-ring (bicyclic) bond motifs is 1. The molecule has 6 heteroatoms. The van der Waals surface area contributed by atoms with Crippen molar-refractivity contribution in [2.24, 2.45) is 0 Å². The predicted octanol–water partition coefficient (Wildman–Crippen LogP) is 1.45. The maximum atomic E-state index is 11.4. The summed E-state index contributed by atoms with van der Waals surface area (Å²) in [6.45, 7) is 1.94. The highest BCUT2D eigenvalue weighted by Gasteiger charge is 2.17. The Morgan fingerprint density at radius 2 is 1.86 bits per heavy atom. The third-order valence-electron chi connectivity index (χ3n) is 3.46. The van der Waals surface area contributed by atoms with Crippen LogP contribution in [0.5, 0.6) is 0 Å². The van der Waals surface area contributed by atoms with Crippen LogP contribution in [0.2, 0.25) is 0 Å². The Hall–Kier alpha value is -2.60. The Kier molecular flexibility index (Phi) is 3.23. The van der Waals surface area contributed by atoms with Crippen LogP contribution in [0.25, 0.3) is 11.0 Å². The molecule has 21 heavy (non-hydrogen) atoms. The molecule has 0 saturated heterocycles. The number of aromatic nitrogens is 2. The summed E-state index contributed by atoms with van der Waals surface area (Å²) in [6.07, 6.45) is 1.37. The van der Waals surface area contributed by atoms with E-state index in [0.717, 1.165) is 5.76 Å². The first-order valence-electron chi connectivity index (χ1n) is 6.60. The van der Waals surface area contributed by atoms with Gasteiger partial charge in [-0.15, -0.1) is 0 Å². The summed E-state index contributed by atoms with van der Waals surface area (Å²) in [4.78, 5) is 27.6. The quantitative estimate of drug-likeness (QED) is 0.634. The maximum Gasteiger partial charge on any atom is 0.314 e. The van der Waals surface area contributed by atoms with E-state index in [9.17, 15) is 14.7 Å². The van der Waals surface area contributed by atoms with Gasteiger partial charge in [0, 0.05) is 12.0 Å². The molecule has 1 atom stereocenters. The maximum absolute atomic E-state index is 11.4. The number of aromatic amines is 2. The lowest BCUT2D eigenvalue weighted by Crippen LogP contribution is -2.28. The molecule has 3 rings (SSSR count). The molecule has 2 heterocycles. The molecule has 3 aromatic rings. The molecule has 0 saturated carbocycles. The second-order valence-electron chi connectivity index (χ2n) is 4.77. The second-order valence-corrected chi connectivity index (χ2v) is 4.77. The van der Waals surface area contributed by atoms with Gasteiger partial charge in [-0.25, -0.2) is 0 Å². The Morgan fingerprint density at radius 1 is 1.14 bits per heavy atom. The third kappa shape index (κ3) is 2.30. The molecular weight excluding hydrogens is 272 g/mol. The fraction of sp³-hybridized carbons (Fsp3) is 0.200. The summed E-state index contributed by atoms with van der Waals surface area (Å²) in [5.74, 6) is 0.720. The van der Waals surface area contributed by atoms with Crippen LogP contribution in [0.1, 0.15) is 29.9 Å². The fourth-order valence-electron chi connectivity index (χ4n) is 2.36. The molecule has 0 amide bonds. The first kappa shape index (κ1) is 13.4. The van der Waals surface area contributed by atoms with Crippen LogP contribution in [0.15, 0.2) is 44.5 Å². The van der Waals surface area contributed by atoms with Crippen molar-refractivity contribution in [2.75, 3.05) is 0 Å². The zero-order valence-corrected chi connectivity index (χ0v) is 11.3. The van der Waals surface area contributed by atoms with E-state index in [1.54, 1.807) is 24.3 Å². The van der Waals surface area contributed by atoms with Gasteiger partial charge in [-0.3, -0.25) is 9.59 Å². The zero-order chi connectivity index (χ0) is 15.0. The molecular formula is C15H14N2O4. The lowest BCUT2D eigenvalue weighted by molar-refractivity contribution is 0.217. The van der Waals surface area contributed by atoms with Crippen molar-refractivity contribution in [3.8, 4) is 0 Å². The number of aryl methyl sites for hydroxylation is 1. The van der Waals surface area contributed by atoms with Crippen LogP contribution in [0.3, 0.4) is 0 Å². The van der Waals surface area contributed by atoms with Gasteiger partial charge in [-0.2, -0.15) is 0 Å². The van der Waals surface area contributed by atoms with Crippen LogP contribution in [0, 0.1) is 0 Å². The van der Waals surface area contributed by atoms with E-state index >= 15 is 0 Å². The highest BCUT2D eigenvalue weighted by molar-refractivity contribution is 5.74. The number of aliphatic hydroxyl groups is 1. The van der Waals surface area contributed by atoms with E-state index in [4.69, 9.17) is 4.42 Å². The first-order chi connectivity index (χ1) is 10.1. The van der Waals surface area contributed by atoms with Gasteiger partial charge < -0.3 is 19.5 Å². The third-order valence-corrected chi connectivity index (χ3v) is 3.46. The van der Waals surface area contributed by atoms with E-state index in [0.29, 0.717) is 28.6 Å². The van der Waals surface area contributed by atoms with Gasteiger partial charge in [0.1, 0.15) is 11.9 Å². The number of rotatable bonds is 3. The van der Waals surface area contributed by atoms with Crippen LogP contribution < -0.4 is 11.1 Å². The number of nitrogens with one attached hydrogen (secondary N) is 2. The predicted molar refractivity (Wildman–Crippen MR) is 77.3 cm³/mol. The van der Waals surface area contributed by atoms with Crippen molar-refractivity contribution in [1.29, 1.82) is 0 Å². The summed E-state index contributed by atoms with van der Waals surface area (Å²) >= 11 is 0. The molecule has 0 bridgehead atoms. The molecule has 0 fully saturated rings. The van der Waals surface area contributed by atoms with Crippen LogP contribution in [-0.4, -0.2) is 15.1 Å². The van der Waals surface area contributed by atoms with Crippen LogP contribution >= 0.6 is 0 Å². The summed E-state index contributed by atoms with van der Waals surface area (Å²) in [7, 11) is 0. The van der Waals surface area contributed by atoms with Crippen molar-refractivity contribution in [3.63, 3.8) is 0 Å². The normalized spacial score (nSPS) is 12.7. The monoisotopic (exact) mass is 286 g/mol. The van der Waals surface area contributed by atoms with Crippen molar-refractivity contribution >= 4 is 11.0 Å². The smallest absolute Gasteiger partial charge is 0.314 e. The number of hydrogen-bond acceptors (Lipinski definition) is 4. The second kappa shape index (κ2) is 5.06. The Labute approximate surface area is 119 Å². The zero-order valence-electron chi connectivity index (χ0n) is 11.3. The van der Waals surface area contributed by atoms with E-state index in [-0.39, 0.29) is 0 Å². The van der Waals surface area contributed by atoms with Gasteiger partial charge in [-0.1, -0.05) is 13.0 Å². The van der Waals surface area contributed by atoms with Gasteiger partial charge in [0.2, 0.25) is 0 Å². The topological polar surface area (TPSA) is 99.1 Å². The molecule has 0 spiro atoms. The molecule has 1 unspecified atom stereocenters. The molecule has 2 aromatic heterocycles. The van der Waals surface area contributed by atoms with Crippen LogP contribution in [-0.2, 0) is 6.42 Å². The van der Waals surface area contributed by atoms with Crippen LogP contribution in [0.4, 0.5) is 0 Å². The molecule has 0 aliphatic rings. The van der Waals surface area contributed by atoms with Crippen molar-refractivity contribution in [3.05, 3.63) is 68.1 Å². The van der Waals surface area contributed by atoms with E-state index < -0.39 is 17.2 Å². The summed E-state index contributed by atoms with van der Waals surface area (Å²) < 4.78 is 5.31. The number of furan rings is 1. The van der Waals surface area contributed by atoms with E-state index in [2.05, 4.69) is 9.97 Å². The average Bonchev–Trinajstić information content (AvgIpc) is 2.95. The molecule has 0 aliphatic heterocycles. The van der Waals surface area contributed by atoms with Crippen molar-refractivity contribution in [1.82, 2.24) is 9.97 Å². The highest BCUT2D eigenvalue weighted by atomic mass is 16.3. The summed E-state index contributed by atoms with van der Waals surface area (Å²) in [5.41, 5.74) is 0.881. The number of H-pyrrole nitrogens is 2. The van der Waals surface area contributed by atoms with Gasteiger partial charge in [-0.05, 0) is 23.8 Å².